The van der Waals surface area contributed by atoms with E-state index in [0.717, 1.165) is 24.7 Å². The molecule has 3 nitrogen and oxygen atoms in total. The summed E-state index contributed by atoms with van der Waals surface area (Å²) in [6.07, 6.45) is 2.86. The molecule has 1 heterocycles. The van der Waals surface area contributed by atoms with Crippen LogP contribution in [0.2, 0.25) is 0 Å². The van der Waals surface area contributed by atoms with Crippen molar-refractivity contribution in [2.45, 2.75) is 20.3 Å². The van der Waals surface area contributed by atoms with Gasteiger partial charge in [0, 0.05) is 12.7 Å². The molecule has 0 atom stereocenters. The predicted octanol–water partition coefficient (Wildman–Crippen LogP) is 2.60. The molecule has 0 aliphatic carbocycles. The Morgan fingerprint density at radius 3 is 3.00 bits per heavy atom. The Hall–Kier alpha value is -0.900. The Morgan fingerprint density at radius 2 is 2.38 bits per heavy atom. The minimum absolute atomic E-state index is 0.523. The van der Waals surface area contributed by atoms with Gasteiger partial charge in [-0.25, -0.2) is 4.98 Å². The van der Waals surface area contributed by atoms with E-state index in [-0.39, 0.29) is 0 Å². The normalized spacial score (nSPS) is 10.4. The second-order valence-electron chi connectivity index (χ2n) is 3.40. The van der Waals surface area contributed by atoms with E-state index in [1.54, 1.807) is 6.20 Å². The lowest BCUT2D eigenvalue weighted by atomic mass is 10.1. The van der Waals surface area contributed by atoms with Crippen molar-refractivity contribution in [1.29, 1.82) is 0 Å². The van der Waals surface area contributed by atoms with Crippen molar-refractivity contribution in [1.82, 2.24) is 9.97 Å². The van der Waals surface area contributed by atoms with Gasteiger partial charge in [-0.2, -0.15) is 0 Å². The van der Waals surface area contributed by atoms with Crippen LogP contribution in [0, 0.1) is 10.7 Å². The van der Waals surface area contributed by atoms with Gasteiger partial charge in [0.2, 0.25) is 0 Å². The van der Waals surface area contributed by atoms with Crippen LogP contribution in [0.25, 0.3) is 0 Å². The maximum absolute atomic E-state index is 4.89. The number of nitrogens with one attached hydrogen (secondary N) is 2. The first-order chi connectivity index (χ1) is 6.18. The Balaban J connectivity index is 2.41. The molecule has 0 saturated carbocycles. The molecule has 0 saturated heterocycles. The van der Waals surface area contributed by atoms with Crippen LogP contribution in [-0.2, 0) is 0 Å². The number of H-pyrrole nitrogens is 1. The molecular formula is C9H15N3S. The smallest absolute Gasteiger partial charge is 0.198 e. The quantitative estimate of drug-likeness (QED) is 0.729. The average molecular weight is 197 g/mol. The first-order valence-electron chi connectivity index (χ1n) is 4.47. The maximum Gasteiger partial charge on any atom is 0.198 e. The summed E-state index contributed by atoms with van der Waals surface area (Å²) in [5, 5.41) is 3.25. The van der Waals surface area contributed by atoms with Gasteiger partial charge in [0.15, 0.2) is 4.77 Å². The second kappa shape index (κ2) is 4.97. The van der Waals surface area contributed by atoms with Crippen LogP contribution in [0.4, 0.5) is 5.82 Å². The van der Waals surface area contributed by atoms with Crippen molar-refractivity contribution in [2.75, 3.05) is 11.9 Å². The van der Waals surface area contributed by atoms with E-state index >= 15 is 0 Å². The molecule has 0 aliphatic heterocycles. The summed E-state index contributed by atoms with van der Waals surface area (Å²) in [6.45, 7) is 5.37. The Morgan fingerprint density at radius 1 is 1.62 bits per heavy atom. The molecule has 1 rings (SSSR count). The number of aromatic nitrogens is 2. The van der Waals surface area contributed by atoms with E-state index in [1.165, 1.54) is 0 Å². The van der Waals surface area contributed by atoms with Crippen molar-refractivity contribution < 1.29 is 0 Å². The van der Waals surface area contributed by atoms with Gasteiger partial charge in [-0.15, -0.1) is 0 Å². The molecule has 1 aromatic rings. The molecule has 72 valence electrons. The van der Waals surface area contributed by atoms with Gasteiger partial charge in [-0.05, 0) is 30.6 Å². The van der Waals surface area contributed by atoms with Crippen LogP contribution in [-0.4, -0.2) is 16.5 Å². The molecule has 4 heteroatoms. The van der Waals surface area contributed by atoms with E-state index in [0.29, 0.717) is 4.77 Å². The van der Waals surface area contributed by atoms with Crippen molar-refractivity contribution in [3.63, 3.8) is 0 Å². The third-order valence-electron chi connectivity index (χ3n) is 1.71. The molecule has 0 fully saturated rings. The third kappa shape index (κ3) is 4.03. The highest BCUT2D eigenvalue weighted by molar-refractivity contribution is 7.71. The summed E-state index contributed by atoms with van der Waals surface area (Å²) in [5.41, 5.74) is 0. The molecule has 0 bridgehead atoms. The van der Waals surface area contributed by atoms with Crippen LogP contribution in [0.1, 0.15) is 20.3 Å². The van der Waals surface area contributed by atoms with Gasteiger partial charge in [0.05, 0.1) is 0 Å². The first-order valence-corrected chi connectivity index (χ1v) is 4.88. The highest BCUT2D eigenvalue weighted by atomic mass is 32.1. The molecular weight excluding hydrogens is 182 g/mol. The molecule has 0 aromatic carbocycles. The molecule has 13 heavy (non-hydrogen) atoms. The van der Waals surface area contributed by atoms with Crippen molar-refractivity contribution in [3.8, 4) is 0 Å². The lowest BCUT2D eigenvalue weighted by Gasteiger charge is -2.07. The monoisotopic (exact) mass is 197 g/mol. The zero-order chi connectivity index (χ0) is 9.68. The molecule has 0 aliphatic rings. The summed E-state index contributed by atoms with van der Waals surface area (Å²) in [4.78, 5) is 6.88. The van der Waals surface area contributed by atoms with Gasteiger partial charge in [-0.3, -0.25) is 0 Å². The van der Waals surface area contributed by atoms with E-state index in [2.05, 4.69) is 29.1 Å². The van der Waals surface area contributed by atoms with Gasteiger partial charge < -0.3 is 10.3 Å². The summed E-state index contributed by atoms with van der Waals surface area (Å²) in [6, 6.07) is 1.89. The fourth-order valence-electron chi connectivity index (χ4n) is 0.967. The largest absolute Gasteiger partial charge is 0.372 e. The second-order valence-corrected chi connectivity index (χ2v) is 3.78. The van der Waals surface area contributed by atoms with Crippen LogP contribution in [0.5, 0.6) is 0 Å². The van der Waals surface area contributed by atoms with Gasteiger partial charge in [-0.1, -0.05) is 13.8 Å². The highest BCUT2D eigenvalue weighted by Gasteiger charge is 1.94. The fourth-order valence-corrected chi connectivity index (χ4v) is 1.14. The van der Waals surface area contributed by atoms with E-state index in [1.807, 2.05) is 6.07 Å². The van der Waals surface area contributed by atoms with Gasteiger partial charge in [0.25, 0.3) is 0 Å². The van der Waals surface area contributed by atoms with Crippen LogP contribution in [0.3, 0.4) is 0 Å². The van der Waals surface area contributed by atoms with Crippen molar-refractivity contribution in [2.24, 2.45) is 5.92 Å². The molecule has 0 unspecified atom stereocenters. The van der Waals surface area contributed by atoms with Gasteiger partial charge >= 0.3 is 0 Å². The van der Waals surface area contributed by atoms with Gasteiger partial charge in [0.1, 0.15) is 5.82 Å². The van der Waals surface area contributed by atoms with E-state index in [9.17, 15) is 0 Å². The molecule has 0 spiro atoms. The number of hydrogen-bond acceptors (Lipinski definition) is 3. The molecule has 0 amide bonds. The van der Waals surface area contributed by atoms with Crippen LogP contribution < -0.4 is 5.32 Å². The summed E-state index contributed by atoms with van der Waals surface area (Å²) < 4.78 is 0.523. The molecule has 1 aromatic heterocycles. The Labute approximate surface area is 83.6 Å². The average Bonchev–Trinajstić information content (AvgIpc) is 2.03. The van der Waals surface area contributed by atoms with E-state index < -0.39 is 0 Å². The standard InChI is InChI=1S/C9H15N3S/c1-7(2)3-5-10-8-4-6-11-9(13)12-8/h4,6-7H,3,5H2,1-2H3,(H2,10,11,12,13). The first kappa shape index (κ1) is 10.2. The summed E-state index contributed by atoms with van der Waals surface area (Å²) in [7, 11) is 0. The third-order valence-corrected chi connectivity index (χ3v) is 1.92. The topological polar surface area (TPSA) is 40.7 Å². The number of aromatic amines is 1. The summed E-state index contributed by atoms with van der Waals surface area (Å²) >= 11 is 4.89. The van der Waals surface area contributed by atoms with Crippen molar-refractivity contribution >= 4 is 18.0 Å². The Kier molecular flexibility index (Phi) is 3.89. The summed E-state index contributed by atoms with van der Waals surface area (Å²) in [5.74, 6) is 1.66. The lowest BCUT2D eigenvalue weighted by molar-refractivity contribution is 0.606. The lowest BCUT2D eigenvalue weighted by Crippen LogP contribution is -2.06. The number of nitrogens with zero attached hydrogens (tertiary/aromatic N) is 1. The number of anilines is 1. The maximum atomic E-state index is 4.89. The predicted molar refractivity (Wildman–Crippen MR) is 57.4 cm³/mol. The van der Waals surface area contributed by atoms with E-state index in [4.69, 9.17) is 12.2 Å². The Bertz CT molecular complexity index is 306. The minimum atomic E-state index is 0.523. The van der Waals surface area contributed by atoms with Crippen LogP contribution >= 0.6 is 12.2 Å². The number of rotatable bonds is 4. The zero-order valence-electron chi connectivity index (χ0n) is 8.00. The SMILES string of the molecule is CC(C)CCNc1ccnc(=S)[nH]1. The zero-order valence-corrected chi connectivity index (χ0v) is 8.82. The van der Waals surface area contributed by atoms with Crippen LogP contribution in [0.15, 0.2) is 12.3 Å². The molecule has 0 radical (unpaired) electrons. The molecule has 2 N–H and O–H groups in total. The van der Waals surface area contributed by atoms with Crippen molar-refractivity contribution in [3.05, 3.63) is 17.0 Å². The highest BCUT2D eigenvalue weighted by Crippen LogP contribution is 2.02. The minimum Gasteiger partial charge on any atom is -0.372 e. The number of hydrogen-bond donors (Lipinski definition) is 2. The fraction of sp³-hybridized carbons (Fsp3) is 0.556.